The van der Waals surface area contributed by atoms with Crippen LogP contribution >= 0.6 is 11.6 Å². The molecule has 0 saturated carbocycles. The Balaban J connectivity index is 1.22. The number of fused-ring (bicyclic) bond motifs is 3. The molecule has 0 aliphatic heterocycles. The predicted molar refractivity (Wildman–Crippen MR) is 148 cm³/mol. The van der Waals surface area contributed by atoms with Gasteiger partial charge in [-0.25, -0.2) is 9.78 Å². The van der Waals surface area contributed by atoms with Gasteiger partial charge in [0.2, 0.25) is 0 Å². The molecule has 0 atom stereocenters. The number of rotatable bonds is 5. The molecule has 0 radical (unpaired) electrons. The van der Waals surface area contributed by atoms with Crippen LogP contribution in [0, 0.1) is 6.92 Å². The van der Waals surface area contributed by atoms with E-state index in [1.807, 2.05) is 0 Å². The molecule has 9 heteroatoms. The number of nitrogens with one attached hydrogen (secondary N) is 1. The van der Waals surface area contributed by atoms with Crippen LogP contribution in [0.3, 0.4) is 0 Å². The van der Waals surface area contributed by atoms with Crippen molar-refractivity contribution in [1.29, 1.82) is 0 Å². The topological polar surface area (TPSA) is 116 Å². The summed E-state index contributed by atoms with van der Waals surface area (Å²) in [5.41, 5.74) is 2.21. The summed E-state index contributed by atoms with van der Waals surface area (Å²) in [4.78, 5) is 56.3. The molecule has 40 heavy (non-hydrogen) atoms. The fourth-order valence-corrected chi connectivity index (χ4v) is 4.86. The van der Waals surface area contributed by atoms with Gasteiger partial charge >= 0.3 is 5.97 Å². The number of aryl methyl sites for hydroxylation is 1. The first-order valence-corrected chi connectivity index (χ1v) is 12.6. The number of ether oxygens (including phenoxy) is 1. The minimum absolute atomic E-state index is 0.0671. The fraction of sp³-hybridized carbons (Fsp3) is 0.0645. The summed E-state index contributed by atoms with van der Waals surface area (Å²) in [5.74, 6) is -0.893. The van der Waals surface area contributed by atoms with Crippen LogP contribution in [-0.2, 0) is 9.53 Å². The number of ketones is 2. The lowest BCUT2D eigenvalue weighted by atomic mass is 9.84. The van der Waals surface area contributed by atoms with E-state index in [4.69, 9.17) is 20.8 Å². The first kappa shape index (κ1) is 25.2. The number of halogens is 1. The van der Waals surface area contributed by atoms with E-state index in [1.54, 1.807) is 73.7 Å². The summed E-state index contributed by atoms with van der Waals surface area (Å²) in [6, 6.07) is 21.4. The number of benzene rings is 3. The van der Waals surface area contributed by atoms with Crippen LogP contribution in [0.2, 0.25) is 5.02 Å². The second-order valence-corrected chi connectivity index (χ2v) is 9.60. The van der Waals surface area contributed by atoms with Crippen molar-refractivity contribution in [2.24, 2.45) is 0 Å². The van der Waals surface area contributed by atoms with E-state index in [0.29, 0.717) is 33.7 Å². The first-order valence-electron chi connectivity index (χ1n) is 12.3. The molecular weight excluding hydrogens is 532 g/mol. The molecule has 3 aromatic carbocycles. The number of nitrogens with zero attached hydrogens (tertiary/aromatic N) is 1. The average molecular weight is 551 g/mol. The Hall–Kier alpha value is -5.08. The Labute approximate surface area is 232 Å². The van der Waals surface area contributed by atoms with E-state index >= 15 is 0 Å². The van der Waals surface area contributed by atoms with Gasteiger partial charge in [-0.3, -0.25) is 14.4 Å². The minimum Gasteiger partial charge on any atom is -0.460 e. The van der Waals surface area contributed by atoms with Gasteiger partial charge in [-0.2, -0.15) is 0 Å². The zero-order valence-corrected chi connectivity index (χ0v) is 21.7. The summed E-state index contributed by atoms with van der Waals surface area (Å²) >= 11 is 6.34. The number of amides is 1. The Bertz CT molecular complexity index is 1890. The number of anilines is 1. The molecule has 8 nitrogen and oxygen atoms in total. The SMILES string of the molecule is Cc1ccc(-c2cc(C(=O)OCC(=O)Nc3cc4c(cc3Cl)C(=O)c3ccccc3C4=O)c3ccccc3n2)o1. The highest BCUT2D eigenvalue weighted by molar-refractivity contribution is 6.36. The van der Waals surface area contributed by atoms with Crippen molar-refractivity contribution in [3.63, 3.8) is 0 Å². The fourth-order valence-electron chi connectivity index (χ4n) is 4.65. The largest absolute Gasteiger partial charge is 0.460 e. The number of carbonyl (C=O) groups excluding carboxylic acids is 4. The van der Waals surface area contributed by atoms with Gasteiger partial charge in [0, 0.05) is 27.6 Å². The smallest absolute Gasteiger partial charge is 0.339 e. The first-order chi connectivity index (χ1) is 19.3. The van der Waals surface area contributed by atoms with Crippen LogP contribution in [0.5, 0.6) is 0 Å². The van der Waals surface area contributed by atoms with Crippen molar-refractivity contribution in [1.82, 2.24) is 4.98 Å². The summed E-state index contributed by atoms with van der Waals surface area (Å²) in [6.45, 7) is 1.19. The normalized spacial score (nSPS) is 12.2. The number of pyridine rings is 1. The van der Waals surface area contributed by atoms with Crippen molar-refractivity contribution in [3.8, 4) is 11.5 Å². The van der Waals surface area contributed by atoms with Crippen molar-refractivity contribution in [3.05, 3.63) is 117 Å². The molecule has 1 amide bonds. The van der Waals surface area contributed by atoms with Gasteiger partial charge in [0.1, 0.15) is 11.5 Å². The maximum absolute atomic E-state index is 13.1. The summed E-state index contributed by atoms with van der Waals surface area (Å²) in [5, 5.41) is 3.19. The van der Waals surface area contributed by atoms with Gasteiger partial charge in [0.05, 0.1) is 21.8 Å². The maximum Gasteiger partial charge on any atom is 0.339 e. The van der Waals surface area contributed by atoms with E-state index in [2.05, 4.69) is 10.3 Å². The van der Waals surface area contributed by atoms with Gasteiger partial charge in [-0.1, -0.05) is 54.1 Å². The Morgan fingerprint density at radius 3 is 2.25 bits per heavy atom. The average Bonchev–Trinajstić information content (AvgIpc) is 3.41. The van der Waals surface area contributed by atoms with E-state index in [-0.39, 0.29) is 44.5 Å². The Morgan fingerprint density at radius 1 is 0.875 bits per heavy atom. The molecule has 0 fully saturated rings. The number of furan rings is 1. The van der Waals surface area contributed by atoms with Crippen LogP contribution < -0.4 is 5.32 Å². The quantitative estimate of drug-likeness (QED) is 0.261. The lowest BCUT2D eigenvalue weighted by Gasteiger charge is -2.19. The van der Waals surface area contributed by atoms with Crippen molar-refractivity contribution in [2.75, 3.05) is 11.9 Å². The molecule has 1 N–H and O–H groups in total. The molecular formula is C31H19ClN2O6. The molecule has 0 bridgehead atoms. The summed E-state index contributed by atoms with van der Waals surface area (Å²) < 4.78 is 11.0. The third-order valence-electron chi connectivity index (χ3n) is 6.55. The van der Waals surface area contributed by atoms with E-state index in [0.717, 1.165) is 0 Å². The molecule has 5 aromatic rings. The molecule has 1 aliphatic carbocycles. The number of carbonyl (C=O) groups is 4. The number of para-hydroxylation sites is 1. The highest BCUT2D eigenvalue weighted by Gasteiger charge is 2.30. The third-order valence-corrected chi connectivity index (χ3v) is 6.86. The molecule has 2 heterocycles. The minimum atomic E-state index is -0.729. The molecule has 196 valence electrons. The molecule has 0 unspecified atom stereocenters. The van der Waals surface area contributed by atoms with Crippen LogP contribution in [0.1, 0.15) is 48.0 Å². The predicted octanol–water partition coefficient (Wildman–Crippen LogP) is 6.03. The van der Waals surface area contributed by atoms with Gasteiger partial charge in [0.25, 0.3) is 5.91 Å². The van der Waals surface area contributed by atoms with Crippen molar-refractivity contribution in [2.45, 2.75) is 6.92 Å². The third kappa shape index (κ3) is 4.44. The zero-order valence-electron chi connectivity index (χ0n) is 21.0. The number of hydrogen-bond acceptors (Lipinski definition) is 7. The number of hydrogen-bond donors (Lipinski definition) is 1. The van der Waals surface area contributed by atoms with Crippen molar-refractivity contribution >= 4 is 51.6 Å². The zero-order chi connectivity index (χ0) is 28.0. The van der Waals surface area contributed by atoms with Gasteiger partial charge < -0.3 is 14.5 Å². The molecule has 0 spiro atoms. The summed E-state index contributed by atoms with van der Waals surface area (Å²) in [6.07, 6.45) is 0. The van der Waals surface area contributed by atoms with Crippen molar-refractivity contribution < 1.29 is 28.3 Å². The highest BCUT2D eigenvalue weighted by Crippen LogP contribution is 2.33. The number of aromatic nitrogens is 1. The van der Waals surface area contributed by atoms with E-state index in [9.17, 15) is 19.2 Å². The van der Waals surface area contributed by atoms with E-state index in [1.165, 1.54) is 12.1 Å². The highest BCUT2D eigenvalue weighted by atomic mass is 35.5. The van der Waals surface area contributed by atoms with Gasteiger partial charge in [-0.15, -0.1) is 0 Å². The van der Waals surface area contributed by atoms with Crippen LogP contribution in [0.4, 0.5) is 5.69 Å². The monoisotopic (exact) mass is 550 g/mol. The lowest BCUT2D eigenvalue weighted by molar-refractivity contribution is -0.119. The second kappa shape index (κ2) is 9.91. The lowest BCUT2D eigenvalue weighted by Crippen LogP contribution is -2.23. The standard InChI is InChI=1S/C31H19ClN2O6/c1-16-10-11-27(40-16)26-14-22(17-6-4-5-9-24(17)33-26)31(38)39-15-28(35)34-25-13-21-20(12-23(25)32)29(36)18-7-2-3-8-19(18)30(21)37/h2-14H,15H2,1H3,(H,34,35). The summed E-state index contributed by atoms with van der Waals surface area (Å²) in [7, 11) is 0. The van der Waals surface area contributed by atoms with Gasteiger partial charge in [0.15, 0.2) is 23.9 Å². The second-order valence-electron chi connectivity index (χ2n) is 9.19. The Morgan fingerprint density at radius 2 is 1.55 bits per heavy atom. The van der Waals surface area contributed by atoms with Crippen LogP contribution in [0.25, 0.3) is 22.4 Å². The maximum atomic E-state index is 13.1. The molecule has 0 saturated heterocycles. The van der Waals surface area contributed by atoms with Crippen LogP contribution in [0.15, 0.2) is 83.3 Å². The molecule has 2 aromatic heterocycles. The number of esters is 1. The molecule has 1 aliphatic rings. The van der Waals surface area contributed by atoms with E-state index < -0.39 is 18.5 Å². The van der Waals surface area contributed by atoms with Crippen LogP contribution in [-0.4, -0.2) is 35.0 Å². The Kier molecular flexibility index (Phi) is 6.24. The molecule has 6 rings (SSSR count). The van der Waals surface area contributed by atoms with Gasteiger partial charge in [-0.05, 0) is 43.3 Å².